The van der Waals surface area contributed by atoms with E-state index < -0.39 is 17.2 Å². The first-order valence-electron chi connectivity index (χ1n) is 5.52. The number of nitriles is 1. The lowest BCUT2D eigenvalue weighted by Crippen LogP contribution is -2.15. The lowest BCUT2D eigenvalue weighted by atomic mass is 10.0. The van der Waals surface area contributed by atoms with E-state index in [0.717, 1.165) is 17.8 Å². The molecule has 0 aliphatic rings. The molecule has 7 heteroatoms. The van der Waals surface area contributed by atoms with E-state index in [1.165, 1.54) is 6.07 Å². The molecule has 102 valence electrons. The first kappa shape index (κ1) is 14.2. The van der Waals surface area contributed by atoms with E-state index >= 15 is 0 Å². The van der Waals surface area contributed by atoms with Crippen molar-refractivity contribution in [1.29, 1.82) is 5.26 Å². The van der Waals surface area contributed by atoms with E-state index in [2.05, 4.69) is 9.97 Å². The van der Waals surface area contributed by atoms with Gasteiger partial charge in [0.2, 0.25) is 0 Å². The number of hydrogen-bond acceptors (Lipinski definition) is 4. The predicted molar refractivity (Wildman–Crippen MR) is 71.4 cm³/mol. The molecule has 20 heavy (non-hydrogen) atoms. The van der Waals surface area contributed by atoms with Crippen molar-refractivity contribution in [3.8, 4) is 17.3 Å². The van der Waals surface area contributed by atoms with E-state index in [1.54, 1.807) is 19.2 Å². The summed E-state index contributed by atoms with van der Waals surface area (Å²) in [6, 6.07) is 4.06. The Hall–Kier alpha value is -2.20. The van der Waals surface area contributed by atoms with Gasteiger partial charge in [-0.3, -0.25) is 4.79 Å². The molecule has 0 spiro atoms. The van der Waals surface area contributed by atoms with Crippen LogP contribution in [0.2, 0.25) is 0 Å². The average molecular weight is 293 g/mol. The van der Waals surface area contributed by atoms with Crippen molar-refractivity contribution < 1.29 is 8.78 Å². The normalized spacial score (nSPS) is 10.3. The summed E-state index contributed by atoms with van der Waals surface area (Å²) in [4.78, 5) is 18.2. The third kappa shape index (κ3) is 2.42. The monoisotopic (exact) mass is 293 g/mol. The van der Waals surface area contributed by atoms with Crippen LogP contribution in [-0.4, -0.2) is 16.2 Å². The minimum atomic E-state index is -1.13. The molecule has 2 aromatic rings. The number of nitrogens with zero attached hydrogens (tertiary/aromatic N) is 2. The minimum absolute atomic E-state index is 0.152. The number of H-pyrrole nitrogens is 1. The van der Waals surface area contributed by atoms with Gasteiger partial charge in [0.25, 0.3) is 5.56 Å². The zero-order valence-electron chi connectivity index (χ0n) is 10.6. The van der Waals surface area contributed by atoms with Gasteiger partial charge in [0.05, 0.1) is 5.69 Å². The number of halogens is 2. The van der Waals surface area contributed by atoms with Gasteiger partial charge in [-0.25, -0.2) is 13.8 Å². The maximum atomic E-state index is 13.9. The highest BCUT2D eigenvalue weighted by Gasteiger charge is 2.19. The number of nitrogens with one attached hydrogen (secondary N) is 1. The molecular weight excluding hydrogens is 284 g/mol. The van der Waals surface area contributed by atoms with Crippen LogP contribution in [0.5, 0.6) is 0 Å². The van der Waals surface area contributed by atoms with Gasteiger partial charge in [-0.05, 0) is 30.9 Å². The second kappa shape index (κ2) is 5.43. The van der Waals surface area contributed by atoms with Crippen LogP contribution in [-0.2, 0) is 0 Å². The molecule has 0 fully saturated rings. The fourth-order valence-corrected chi connectivity index (χ4v) is 2.12. The van der Waals surface area contributed by atoms with E-state index in [9.17, 15) is 13.6 Å². The van der Waals surface area contributed by atoms with Gasteiger partial charge in [0.1, 0.15) is 11.6 Å². The van der Waals surface area contributed by atoms with Crippen LogP contribution in [0.1, 0.15) is 11.1 Å². The van der Waals surface area contributed by atoms with Crippen molar-refractivity contribution >= 4 is 11.8 Å². The fourth-order valence-electron chi connectivity index (χ4n) is 1.74. The van der Waals surface area contributed by atoms with Crippen molar-refractivity contribution in [2.24, 2.45) is 0 Å². The summed E-state index contributed by atoms with van der Waals surface area (Å²) in [5.74, 6) is -2.17. The van der Waals surface area contributed by atoms with Crippen molar-refractivity contribution in [2.45, 2.75) is 12.1 Å². The Balaban J connectivity index is 2.85. The zero-order valence-corrected chi connectivity index (χ0v) is 11.4. The molecule has 0 saturated heterocycles. The summed E-state index contributed by atoms with van der Waals surface area (Å²) in [7, 11) is 0. The summed E-state index contributed by atoms with van der Waals surface area (Å²) in [6.45, 7) is 1.58. The third-order valence-electron chi connectivity index (χ3n) is 2.63. The Bertz CT molecular complexity index is 780. The molecule has 0 atom stereocenters. The second-order valence-corrected chi connectivity index (χ2v) is 4.81. The molecule has 0 bridgehead atoms. The molecule has 0 radical (unpaired) electrons. The van der Waals surface area contributed by atoms with Gasteiger partial charge in [-0.2, -0.15) is 5.26 Å². The fraction of sp³-hybridized carbons (Fsp3) is 0.154. The molecular formula is C13H9F2N3OS. The second-order valence-electron chi connectivity index (χ2n) is 4.02. The summed E-state index contributed by atoms with van der Waals surface area (Å²) in [6.07, 6.45) is 1.67. The van der Waals surface area contributed by atoms with Gasteiger partial charge in [0, 0.05) is 5.56 Å². The van der Waals surface area contributed by atoms with Gasteiger partial charge >= 0.3 is 0 Å². The number of rotatable bonds is 2. The summed E-state index contributed by atoms with van der Waals surface area (Å²) in [5.41, 5.74) is -0.897. The summed E-state index contributed by atoms with van der Waals surface area (Å²) in [5, 5.41) is 9.25. The highest BCUT2D eigenvalue weighted by molar-refractivity contribution is 7.98. The van der Waals surface area contributed by atoms with E-state index in [4.69, 9.17) is 5.26 Å². The topological polar surface area (TPSA) is 69.5 Å². The van der Waals surface area contributed by atoms with Gasteiger partial charge in [0.15, 0.2) is 16.8 Å². The molecule has 1 aromatic carbocycles. The smallest absolute Gasteiger partial charge is 0.270 e. The maximum Gasteiger partial charge on any atom is 0.270 e. The minimum Gasteiger partial charge on any atom is -0.300 e. The Morgan fingerprint density at radius 3 is 2.70 bits per heavy atom. The van der Waals surface area contributed by atoms with Crippen LogP contribution < -0.4 is 5.56 Å². The summed E-state index contributed by atoms with van der Waals surface area (Å²) >= 11 is 1.13. The maximum absolute atomic E-state index is 13.9. The largest absolute Gasteiger partial charge is 0.300 e. The Morgan fingerprint density at radius 2 is 2.10 bits per heavy atom. The first-order valence-corrected chi connectivity index (χ1v) is 6.74. The van der Waals surface area contributed by atoms with Crippen molar-refractivity contribution in [2.75, 3.05) is 6.26 Å². The summed E-state index contributed by atoms with van der Waals surface area (Å²) < 4.78 is 27.4. The number of thioether (sulfide) groups is 1. The molecule has 0 unspecified atom stereocenters. The van der Waals surface area contributed by atoms with Gasteiger partial charge in [-0.15, -0.1) is 0 Å². The lowest BCUT2D eigenvalue weighted by Gasteiger charge is -2.08. The van der Waals surface area contributed by atoms with Crippen LogP contribution >= 0.6 is 11.8 Å². The van der Waals surface area contributed by atoms with Crippen LogP contribution in [0.4, 0.5) is 8.78 Å². The molecule has 0 aliphatic heterocycles. The molecule has 0 saturated carbocycles. The molecule has 4 nitrogen and oxygen atoms in total. The van der Waals surface area contributed by atoms with E-state index in [1.807, 2.05) is 0 Å². The van der Waals surface area contributed by atoms with E-state index in [-0.39, 0.29) is 22.0 Å². The molecule has 1 N–H and O–H groups in total. The number of aryl methyl sites for hydroxylation is 1. The third-order valence-corrected chi connectivity index (χ3v) is 3.21. The lowest BCUT2D eigenvalue weighted by molar-refractivity contribution is 0.510. The molecule has 0 aliphatic carbocycles. The van der Waals surface area contributed by atoms with Gasteiger partial charge in [-0.1, -0.05) is 11.8 Å². The highest BCUT2D eigenvalue weighted by atomic mass is 32.2. The number of hydrogen-bond donors (Lipinski definition) is 1. The molecule has 0 amide bonds. The van der Waals surface area contributed by atoms with Crippen molar-refractivity contribution in [1.82, 2.24) is 9.97 Å². The molecule has 2 rings (SSSR count). The molecule has 1 heterocycles. The number of benzene rings is 1. The quantitative estimate of drug-likeness (QED) is 0.682. The van der Waals surface area contributed by atoms with Crippen molar-refractivity contribution in [3.63, 3.8) is 0 Å². The Morgan fingerprint density at radius 1 is 1.40 bits per heavy atom. The highest BCUT2D eigenvalue weighted by Crippen LogP contribution is 2.26. The molecule has 1 aromatic heterocycles. The van der Waals surface area contributed by atoms with Crippen LogP contribution in [0.25, 0.3) is 11.3 Å². The van der Waals surface area contributed by atoms with Crippen LogP contribution in [0.3, 0.4) is 0 Å². The number of aromatic amines is 1. The standard InChI is InChI=1S/C13H9F2N3OS/c1-6-3-7(10(15)9(14)4-6)11-8(5-16)12(19)18-13(17-11)20-2/h3-4H,1-2H3,(H,17,18,19). The Kier molecular flexibility index (Phi) is 3.86. The van der Waals surface area contributed by atoms with Gasteiger partial charge < -0.3 is 4.98 Å². The Labute approximate surface area is 117 Å². The SMILES string of the molecule is CSc1nc(-c2cc(C)cc(F)c2F)c(C#N)c(=O)[nH]1. The average Bonchev–Trinajstić information content (AvgIpc) is 2.41. The zero-order chi connectivity index (χ0) is 14.9. The van der Waals surface area contributed by atoms with Crippen LogP contribution in [0, 0.1) is 29.9 Å². The number of aromatic nitrogens is 2. The van der Waals surface area contributed by atoms with E-state index in [0.29, 0.717) is 5.56 Å². The predicted octanol–water partition coefficient (Wildman–Crippen LogP) is 2.62. The first-order chi connectivity index (χ1) is 9.47. The van der Waals surface area contributed by atoms with Crippen molar-refractivity contribution in [3.05, 3.63) is 45.2 Å². The van der Waals surface area contributed by atoms with Crippen LogP contribution in [0.15, 0.2) is 22.1 Å².